The fourth-order valence-corrected chi connectivity index (χ4v) is 2.24. The van der Waals surface area contributed by atoms with Crippen LogP contribution >= 0.6 is 0 Å². The third kappa shape index (κ3) is 2.56. The van der Waals surface area contributed by atoms with Gasteiger partial charge in [-0.25, -0.2) is 0 Å². The molecule has 98 valence electrons. The summed E-state index contributed by atoms with van der Waals surface area (Å²) in [5, 5.41) is 0. The molecule has 0 amide bonds. The van der Waals surface area contributed by atoms with Gasteiger partial charge in [0.2, 0.25) is 0 Å². The minimum absolute atomic E-state index is 0.912. The van der Waals surface area contributed by atoms with Crippen molar-refractivity contribution in [2.45, 2.75) is 0 Å². The van der Waals surface area contributed by atoms with Crippen LogP contribution in [-0.4, -0.2) is 0 Å². The molecular formula is C18H16N2. The zero-order chi connectivity index (χ0) is 13.8. The highest BCUT2D eigenvalue weighted by Gasteiger charge is 2.00. The predicted molar refractivity (Wildman–Crippen MR) is 85.1 cm³/mol. The zero-order valence-corrected chi connectivity index (χ0v) is 11.1. The second-order valence-electron chi connectivity index (χ2n) is 4.67. The van der Waals surface area contributed by atoms with Gasteiger partial charge in [0.05, 0.1) is 0 Å². The summed E-state index contributed by atoms with van der Waals surface area (Å²) in [6, 6.07) is 27.1. The minimum atomic E-state index is 0.912. The van der Waals surface area contributed by atoms with E-state index in [0.717, 1.165) is 5.69 Å². The van der Waals surface area contributed by atoms with E-state index in [1.54, 1.807) is 0 Å². The number of nitrogens with two attached hydrogens (primary N) is 1. The number of nitrogen functional groups attached to an aromatic ring is 1. The zero-order valence-electron chi connectivity index (χ0n) is 11.1. The Morgan fingerprint density at radius 1 is 0.500 bits per heavy atom. The van der Waals surface area contributed by atoms with Crippen molar-refractivity contribution in [3.05, 3.63) is 78.9 Å². The normalized spacial score (nSPS) is 10.2. The highest BCUT2D eigenvalue weighted by atomic mass is 15.2. The van der Waals surface area contributed by atoms with Crippen molar-refractivity contribution in [2.75, 3.05) is 5.43 Å². The lowest BCUT2D eigenvalue weighted by atomic mass is 10.0. The number of hydrazine groups is 1. The first-order valence-electron chi connectivity index (χ1n) is 6.59. The van der Waals surface area contributed by atoms with Crippen molar-refractivity contribution in [3.8, 4) is 22.3 Å². The molecule has 3 rings (SSSR count). The third-order valence-corrected chi connectivity index (χ3v) is 3.38. The lowest BCUT2D eigenvalue weighted by molar-refractivity contribution is 1.35. The van der Waals surface area contributed by atoms with Crippen LogP contribution in [0.1, 0.15) is 0 Å². The number of nitrogens with one attached hydrogen (secondary N) is 1. The van der Waals surface area contributed by atoms with Crippen molar-refractivity contribution >= 4 is 5.69 Å². The number of anilines is 1. The SMILES string of the molecule is NNc1ccc(-c2ccc(-c3ccccc3)cc2)cc1. The molecule has 0 bridgehead atoms. The maximum Gasteiger partial charge on any atom is 0.0485 e. The Kier molecular flexibility index (Phi) is 3.48. The molecule has 0 saturated carbocycles. The fourth-order valence-electron chi connectivity index (χ4n) is 2.24. The summed E-state index contributed by atoms with van der Waals surface area (Å²) >= 11 is 0. The Bertz CT molecular complexity index is 671. The van der Waals surface area contributed by atoms with Crippen molar-refractivity contribution in [1.29, 1.82) is 0 Å². The first kappa shape index (κ1) is 12.5. The number of hydrogen-bond donors (Lipinski definition) is 2. The highest BCUT2D eigenvalue weighted by molar-refractivity contribution is 5.71. The van der Waals surface area contributed by atoms with Crippen LogP contribution in [0.3, 0.4) is 0 Å². The Balaban J connectivity index is 1.89. The van der Waals surface area contributed by atoms with Gasteiger partial charge in [0.1, 0.15) is 0 Å². The van der Waals surface area contributed by atoms with Gasteiger partial charge in [0.15, 0.2) is 0 Å². The summed E-state index contributed by atoms with van der Waals surface area (Å²) in [5.41, 5.74) is 8.40. The topological polar surface area (TPSA) is 38.0 Å². The van der Waals surface area contributed by atoms with E-state index in [4.69, 9.17) is 5.84 Å². The summed E-state index contributed by atoms with van der Waals surface area (Å²) in [6.45, 7) is 0. The van der Waals surface area contributed by atoms with E-state index in [-0.39, 0.29) is 0 Å². The predicted octanol–water partition coefficient (Wildman–Crippen LogP) is 4.31. The molecule has 20 heavy (non-hydrogen) atoms. The molecule has 0 aliphatic heterocycles. The van der Waals surface area contributed by atoms with Crippen LogP contribution in [0.15, 0.2) is 78.9 Å². The number of hydrogen-bond acceptors (Lipinski definition) is 2. The standard InChI is InChI=1S/C18H16N2/c19-20-18-12-10-17(11-13-18)16-8-6-15(7-9-16)14-4-2-1-3-5-14/h1-13,20H,19H2. The van der Waals surface area contributed by atoms with Gasteiger partial charge in [-0.1, -0.05) is 66.7 Å². The molecule has 0 aromatic heterocycles. The minimum Gasteiger partial charge on any atom is -0.324 e. The van der Waals surface area contributed by atoms with E-state index in [2.05, 4.69) is 66.1 Å². The molecule has 3 N–H and O–H groups in total. The Labute approximate surface area is 118 Å². The van der Waals surface area contributed by atoms with E-state index in [1.807, 2.05) is 18.2 Å². The van der Waals surface area contributed by atoms with Gasteiger partial charge in [-0.2, -0.15) is 0 Å². The Morgan fingerprint density at radius 3 is 1.35 bits per heavy atom. The molecule has 3 aromatic carbocycles. The lowest BCUT2D eigenvalue weighted by Gasteiger charge is -2.06. The van der Waals surface area contributed by atoms with Gasteiger partial charge < -0.3 is 5.43 Å². The molecule has 0 spiro atoms. The van der Waals surface area contributed by atoms with Crippen LogP contribution < -0.4 is 11.3 Å². The average molecular weight is 260 g/mol. The van der Waals surface area contributed by atoms with Crippen LogP contribution in [0.25, 0.3) is 22.3 Å². The molecule has 0 aliphatic carbocycles. The van der Waals surface area contributed by atoms with Gasteiger partial charge in [-0.3, -0.25) is 5.84 Å². The van der Waals surface area contributed by atoms with Crippen molar-refractivity contribution in [3.63, 3.8) is 0 Å². The van der Waals surface area contributed by atoms with Gasteiger partial charge >= 0.3 is 0 Å². The van der Waals surface area contributed by atoms with Crippen molar-refractivity contribution in [2.24, 2.45) is 5.84 Å². The van der Waals surface area contributed by atoms with Crippen molar-refractivity contribution in [1.82, 2.24) is 0 Å². The summed E-state index contributed by atoms with van der Waals surface area (Å²) in [7, 11) is 0. The second-order valence-corrected chi connectivity index (χ2v) is 4.67. The maximum absolute atomic E-state index is 5.37. The number of rotatable bonds is 3. The summed E-state index contributed by atoms with van der Waals surface area (Å²) in [4.78, 5) is 0. The van der Waals surface area contributed by atoms with Gasteiger partial charge in [0.25, 0.3) is 0 Å². The molecular weight excluding hydrogens is 244 g/mol. The van der Waals surface area contributed by atoms with Gasteiger partial charge in [0, 0.05) is 5.69 Å². The summed E-state index contributed by atoms with van der Waals surface area (Å²) in [6.07, 6.45) is 0. The molecule has 3 aromatic rings. The van der Waals surface area contributed by atoms with E-state index < -0.39 is 0 Å². The molecule has 0 aliphatic rings. The molecule has 2 heteroatoms. The quantitative estimate of drug-likeness (QED) is 0.544. The van der Waals surface area contributed by atoms with E-state index in [1.165, 1.54) is 22.3 Å². The Hall–Kier alpha value is -2.58. The molecule has 2 nitrogen and oxygen atoms in total. The molecule has 0 atom stereocenters. The molecule has 0 saturated heterocycles. The molecule has 0 heterocycles. The van der Waals surface area contributed by atoms with Gasteiger partial charge in [-0.05, 0) is 34.4 Å². The first-order chi connectivity index (χ1) is 9.86. The smallest absolute Gasteiger partial charge is 0.0485 e. The largest absolute Gasteiger partial charge is 0.324 e. The fraction of sp³-hybridized carbons (Fsp3) is 0. The van der Waals surface area contributed by atoms with E-state index in [9.17, 15) is 0 Å². The second kappa shape index (κ2) is 5.59. The Morgan fingerprint density at radius 2 is 0.900 bits per heavy atom. The van der Waals surface area contributed by atoms with Crippen LogP contribution in [0.4, 0.5) is 5.69 Å². The highest BCUT2D eigenvalue weighted by Crippen LogP contribution is 2.25. The first-order valence-corrected chi connectivity index (χ1v) is 6.59. The summed E-state index contributed by atoms with van der Waals surface area (Å²) < 4.78 is 0. The molecule has 0 fully saturated rings. The van der Waals surface area contributed by atoms with Crippen LogP contribution in [-0.2, 0) is 0 Å². The molecule has 0 radical (unpaired) electrons. The summed E-state index contributed by atoms with van der Waals surface area (Å²) in [5.74, 6) is 5.37. The lowest BCUT2D eigenvalue weighted by Crippen LogP contribution is -2.05. The molecule has 0 unspecified atom stereocenters. The third-order valence-electron chi connectivity index (χ3n) is 3.38. The van der Waals surface area contributed by atoms with Crippen LogP contribution in [0.2, 0.25) is 0 Å². The van der Waals surface area contributed by atoms with Crippen LogP contribution in [0, 0.1) is 0 Å². The van der Waals surface area contributed by atoms with E-state index >= 15 is 0 Å². The van der Waals surface area contributed by atoms with Crippen LogP contribution in [0.5, 0.6) is 0 Å². The number of benzene rings is 3. The van der Waals surface area contributed by atoms with Crippen molar-refractivity contribution < 1.29 is 0 Å². The average Bonchev–Trinajstić information content (AvgIpc) is 2.56. The van der Waals surface area contributed by atoms with E-state index in [0.29, 0.717) is 0 Å². The van der Waals surface area contributed by atoms with Gasteiger partial charge in [-0.15, -0.1) is 0 Å². The monoisotopic (exact) mass is 260 g/mol. The maximum atomic E-state index is 5.37.